The first-order chi connectivity index (χ1) is 19.9. The molecule has 1 unspecified atom stereocenters. The molecule has 11 heteroatoms. The lowest BCUT2D eigenvalue weighted by Gasteiger charge is -2.13. The predicted octanol–water partition coefficient (Wildman–Crippen LogP) is 5.45. The van der Waals surface area contributed by atoms with Crippen LogP contribution in [0.5, 0.6) is 0 Å². The lowest BCUT2D eigenvalue weighted by molar-refractivity contribution is -0.144. The van der Waals surface area contributed by atoms with E-state index < -0.39 is 17.7 Å². The summed E-state index contributed by atoms with van der Waals surface area (Å²) in [5.41, 5.74) is 3.87. The van der Waals surface area contributed by atoms with Crippen molar-refractivity contribution >= 4 is 40.8 Å². The fourth-order valence-corrected chi connectivity index (χ4v) is 4.92. The summed E-state index contributed by atoms with van der Waals surface area (Å²) in [6, 6.07) is 15.7. The summed E-state index contributed by atoms with van der Waals surface area (Å²) in [5.74, 6) is -0.810. The topological polar surface area (TPSA) is 101 Å². The van der Waals surface area contributed by atoms with Crippen LogP contribution in [0.25, 0.3) is 11.3 Å². The number of nitrogens with zero attached hydrogens (tertiary/aromatic N) is 4. The zero-order valence-corrected chi connectivity index (χ0v) is 22.5. The van der Waals surface area contributed by atoms with Crippen molar-refractivity contribution < 1.29 is 18.3 Å². The second-order valence-electron chi connectivity index (χ2n) is 9.36. The minimum atomic E-state index is -0.715. The Kier molecular flexibility index (Phi) is 7.15. The molecule has 0 spiro atoms. The van der Waals surface area contributed by atoms with Crippen molar-refractivity contribution in [3.63, 3.8) is 0 Å². The van der Waals surface area contributed by atoms with Crippen LogP contribution in [0.2, 0.25) is 5.02 Å². The van der Waals surface area contributed by atoms with E-state index >= 15 is 0 Å². The Morgan fingerprint density at radius 1 is 1.07 bits per heavy atom. The van der Waals surface area contributed by atoms with Gasteiger partial charge in [0.25, 0.3) is 0 Å². The van der Waals surface area contributed by atoms with Gasteiger partial charge in [0.1, 0.15) is 23.5 Å². The fraction of sp³-hybridized carbons (Fsp3) is 0.167. The Labute approximate surface area is 239 Å². The molecule has 0 bridgehead atoms. The number of carbonyl (C=O) groups excluding carboxylic acids is 1. The molecule has 6 rings (SSSR count). The van der Waals surface area contributed by atoms with Gasteiger partial charge in [-0.05, 0) is 55.5 Å². The quantitative estimate of drug-likeness (QED) is 0.298. The molecule has 0 saturated heterocycles. The van der Waals surface area contributed by atoms with Crippen LogP contribution in [0.4, 0.5) is 20.4 Å². The third-order valence-corrected chi connectivity index (χ3v) is 6.93. The fourth-order valence-electron chi connectivity index (χ4n) is 4.75. The SMILES string of the molecule is CCOC(=O)C1CN=C(c2ccc(Nc3ncc4c(n3)-c3ccc(Cl)cc3C(c3c(F)cccc3F)=NC4)cc2)N1. The number of ether oxygens (including phenoxy) is 1. The highest BCUT2D eigenvalue weighted by Crippen LogP contribution is 2.34. The van der Waals surface area contributed by atoms with Crippen molar-refractivity contribution in [1.29, 1.82) is 0 Å². The van der Waals surface area contributed by atoms with E-state index in [1.165, 1.54) is 18.2 Å². The summed E-state index contributed by atoms with van der Waals surface area (Å²) in [4.78, 5) is 30.2. The number of amidine groups is 1. The molecule has 2 aliphatic rings. The summed E-state index contributed by atoms with van der Waals surface area (Å²) in [6.45, 7) is 2.52. The van der Waals surface area contributed by atoms with E-state index in [1.807, 2.05) is 24.3 Å². The van der Waals surface area contributed by atoms with Crippen LogP contribution in [-0.4, -0.2) is 46.7 Å². The van der Waals surface area contributed by atoms with Crippen LogP contribution in [0.3, 0.4) is 0 Å². The van der Waals surface area contributed by atoms with Crippen LogP contribution in [0.15, 0.2) is 76.8 Å². The average Bonchev–Trinajstić information content (AvgIpc) is 3.41. The number of hydrogen-bond acceptors (Lipinski definition) is 8. The first-order valence-electron chi connectivity index (χ1n) is 12.9. The zero-order valence-electron chi connectivity index (χ0n) is 21.8. The number of anilines is 2. The molecule has 4 aromatic rings. The van der Waals surface area contributed by atoms with Crippen LogP contribution < -0.4 is 10.6 Å². The van der Waals surface area contributed by atoms with Gasteiger partial charge in [-0.2, -0.15) is 0 Å². The van der Waals surface area contributed by atoms with Gasteiger partial charge in [0.05, 0.1) is 36.7 Å². The van der Waals surface area contributed by atoms with E-state index in [4.69, 9.17) is 21.3 Å². The lowest BCUT2D eigenvalue weighted by Crippen LogP contribution is -2.38. The Balaban J connectivity index is 1.27. The van der Waals surface area contributed by atoms with Gasteiger partial charge in [-0.25, -0.2) is 23.5 Å². The summed E-state index contributed by atoms with van der Waals surface area (Å²) in [7, 11) is 0. The highest BCUT2D eigenvalue weighted by atomic mass is 35.5. The van der Waals surface area contributed by atoms with Crippen molar-refractivity contribution in [2.75, 3.05) is 18.5 Å². The highest BCUT2D eigenvalue weighted by molar-refractivity contribution is 6.31. The molecule has 0 aliphatic carbocycles. The third kappa shape index (κ3) is 5.26. The van der Waals surface area contributed by atoms with E-state index in [-0.39, 0.29) is 23.8 Å². The maximum Gasteiger partial charge on any atom is 0.330 e. The van der Waals surface area contributed by atoms with Gasteiger partial charge in [-0.3, -0.25) is 9.98 Å². The van der Waals surface area contributed by atoms with E-state index in [0.717, 1.165) is 11.3 Å². The Bertz CT molecular complexity index is 1700. The molecule has 1 aromatic heterocycles. The third-order valence-electron chi connectivity index (χ3n) is 6.69. The number of aromatic nitrogens is 2. The molecule has 0 saturated carbocycles. The molecular weight excluding hydrogens is 550 g/mol. The monoisotopic (exact) mass is 572 g/mol. The van der Waals surface area contributed by atoms with Crippen molar-refractivity contribution in [2.24, 2.45) is 9.98 Å². The van der Waals surface area contributed by atoms with Gasteiger partial charge in [0.15, 0.2) is 0 Å². The Hall–Kier alpha value is -4.70. The van der Waals surface area contributed by atoms with Gasteiger partial charge >= 0.3 is 5.97 Å². The molecular formula is C30H23ClF2N6O2. The largest absolute Gasteiger partial charge is 0.464 e. The summed E-state index contributed by atoms with van der Waals surface area (Å²) in [6.07, 6.45) is 1.65. The highest BCUT2D eigenvalue weighted by Gasteiger charge is 2.27. The van der Waals surface area contributed by atoms with E-state index in [1.54, 1.807) is 31.3 Å². The summed E-state index contributed by atoms with van der Waals surface area (Å²) >= 11 is 6.30. The number of benzene rings is 3. The van der Waals surface area contributed by atoms with E-state index in [0.29, 0.717) is 52.3 Å². The maximum absolute atomic E-state index is 14.8. The number of halogens is 3. The number of aliphatic imine (C=N–C) groups is 2. The van der Waals surface area contributed by atoms with Crippen LogP contribution >= 0.6 is 11.6 Å². The molecule has 3 heterocycles. The van der Waals surface area contributed by atoms with Gasteiger partial charge < -0.3 is 15.4 Å². The summed E-state index contributed by atoms with van der Waals surface area (Å²) < 4.78 is 34.6. The number of esters is 1. The molecule has 41 heavy (non-hydrogen) atoms. The molecule has 0 amide bonds. The van der Waals surface area contributed by atoms with Crippen LogP contribution in [0, 0.1) is 11.6 Å². The normalized spacial score (nSPS) is 15.6. The number of hydrogen-bond donors (Lipinski definition) is 2. The molecule has 1 atom stereocenters. The van der Waals surface area contributed by atoms with Crippen molar-refractivity contribution in [2.45, 2.75) is 19.5 Å². The van der Waals surface area contributed by atoms with Crippen molar-refractivity contribution in [3.05, 3.63) is 106 Å². The van der Waals surface area contributed by atoms with Crippen LogP contribution in [0.1, 0.15) is 29.2 Å². The second kappa shape index (κ2) is 11.1. The molecule has 0 radical (unpaired) electrons. The van der Waals surface area contributed by atoms with Gasteiger partial charge in [-0.1, -0.05) is 23.7 Å². The minimum Gasteiger partial charge on any atom is -0.464 e. The van der Waals surface area contributed by atoms with E-state index in [9.17, 15) is 13.6 Å². The number of carbonyl (C=O) groups is 1. The first-order valence-corrected chi connectivity index (χ1v) is 13.3. The molecule has 8 nitrogen and oxygen atoms in total. The van der Waals surface area contributed by atoms with Crippen LogP contribution in [-0.2, 0) is 16.1 Å². The minimum absolute atomic E-state index is 0.127. The smallest absolute Gasteiger partial charge is 0.330 e. The summed E-state index contributed by atoms with van der Waals surface area (Å²) in [5, 5.41) is 6.70. The standard InChI is InChI=1S/C30H23ClF2N6O2/c1-2-41-29(40)24-15-35-28(38-24)16-6-9-19(10-7-16)37-30-36-14-17-13-34-27(25-22(32)4-3-5-23(25)33)21-12-18(31)8-11-20(21)26(17)39-30/h3-12,14,24H,2,13,15H2,1H3,(H,35,38)(H,36,37,39). The molecule has 0 fully saturated rings. The zero-order chi connectivity index (χ0) is 28.5. The molecule has 3 aromatic carbocycles. The predicted molar refractivity (Wildman–Crippen MR) is 153 cm³/mol. The molecule has 206 valence electrons. The number of rotatable bonds is 6. The number of fused-ring (bicyclic) bond motifs is 3. The van der Waals surface area contributed by atoms with E-state index in [2.05, 4.69) is 25.6 Å². The Morgan fingerprint density at radius 2 is 1.85 bits per heavy atom. The van der Waals surface area contributed by atoms with Gasteiger partial charge in [0, 0.05) is 39.2 Å². The maximum atomic E-state index is 14.8. The van der Waals surface area contributed by atoms with Crippen molar-refractivity contribution in [3.8, 4) is 11.3 Å². The molecule has 2 N–H and O–H groups in total. The van der Waals surface area contributed by atoms with Crippen molar-refractivity contribution in [1.82, 2.24) is 15.3 Å². The lowest BCUT2D eigenvalue weighted by atomic mass is 9.95. The first kappa shape index (κ1) is 26.5. The Morgan fingerprint density at radius 3 is 2.61 bits per heavy atom. The molecule has 2 aliphatic heterocycles. The van der Waals surface area contributed by atoms with Gasteiger partial charge in [-0.15, -0.1) is 0 Å². The van der Waals surface area contributed by atoms with Gasteiger partial charge in [0.2, 0.25) is 5.95 Å². The average molecular weight is 573 g/mol. The second-order valence-corrected chi connectivity index (χ2v) is 9.80. The number of nitrogens with one attached hydrogen (secondary N) is 2.